The van der Waals surface area contributed by atoms with Crippen LogP contribution in [0.2, 0.25) is 0 Å². The largest absolute Gasteiger partial charge is 0.402 e. The van der Waals surface area contributed by atoms with Crippen molar-refractivity contribution in [2.75, 3.05) is 45.2 Å². The number of amidine groups is 1. The number of hydrogen-bond donors (Lipinski definition) is 3. The molecule has 0 fully saturated rings. The second-order valence-electron chi connectivity index (χ2n) is 7.93. The summed E-state index contributed by atoms with van der Waals surface area (Å²) in [6.45, 7) is 2.64. The molecule has 4 rings (SSSR count). The average molecular weight is 396 g/mol. The molecule has 8 nitrogen and oxygen atoms in total. The number of benzene rings is 1. The van der Waals surface area contributed by atoms with E-state index in [1.165, 1.54) is 11.1 Å². The van der Waals surface area contributed by atoms with E-state index in [-0.39, 0.29) is 6.03 Å². The molecule has 1 aromatic carbocycles. The van der Waals surface area contributed by atoms with E-state index in [0.29, 0.717) is 37.0 Å². The highest BCUT2D eigenvalue weighted by Crippen LogP contribution is 2.32. The molecule has 0 aliphatic carbocycles. The molecule has 0 aromatic heterocycles. The second kappa shape index (κ2) is 7.77. The third-order valence-electron chi connectivity index (χ3n) is 6.00. The van der Waals surface area contributed by atoms with Crippen LogP contribution in [0.3, 0.4) is 0 Å². The number of anilines is 1. The molecule has 29 heavy (non-hydrogen) atoms. The normalized spacial score (nSPS) is 21.4. The van der Waals surface area contributed by atoms with Gasteiger partial charge in [-0.2, -0.15) is 5.10 Å². The number of nitrogens with one attached hydrogen (secondary N) is 2. The van der Waals surface area contributed by atoms with Gasteiger partial charge in [0.15, 0.2) is 0 Å². The van der Waals surface area contributed by atoms with Crippen LogP contribution >= 0.6 is 0 Å². The van der Waals surface area contributed by atoms with Crippen LogP contribution in [0.5, 0.6) is 0 Å². The summed E-state index contributed by atoms with van der Waals surface area (Å²) < 4.78 is 0. The zero-order chi connectivity index (χ0) is 20.5. The van der Waals surface area contributed by atoms with Crippen LogP contribution in [0.15, 0.2) is 34.6 Å². The van der Waals surface area contributed by atoms with Crippen molar-refractivity contribution >= 4 is 23.8 Å². The van der Waals surface area contributed by atoms with Crippen LogP contribution in [-0.4, -0.2) is 68.3 Å². The Morgan fingerprint density at radius 1 is 1.31 bits per heavy atom. The van der Waals surface area contributed by atoms with Gasteiger partial charge in [0, 0.05) is 69.2 Å². The van der Waals surface area contributed by atoms with Crippen molar-refractivity contribution in [3.8, 4) is 0 Å². The summed E-state index contributed by atoms with van der Waals surface area (Å²) in [6, 6.07) is 6.41. The smallest absolute Gasteiger partial charge is 0.317 e. The molecule has 0 radical (unpaired) electrons. The van der Waals surface area contributed by atoms with Crippen molar-refractivity contribution in [2.45, 2.75) is 25.2 Å². The molecule has 0 saturated carbocycles. The van der Waals surface area contributed by atoms with Crippen LogP contribution < -0.4 is 16.0 Å². The Bertz CT molecular complexity index is 891. The molecule has 3 heterocycles. The standard InChI is InChI=1S/C21H29N7O/c1-24-21(29)27-9-7-18(22)17(13-27)20(23)28-8-3-4-15-10-14(5-6-19(15)28)16-11-25-26(2)12-16/h5-6,10-11,16,23H,3-4,7-9,12-13,22H2,1-2H3,(H,24,29). The minimum Gasteiger partial charge on any atom is -0.402 e. The summed E-state index contributed by atoms with van der Waals surface area (Å²) in [5, 5.41) is 17.9. The first kappa shape index (κ1) is 19.3. The molecule has 4 N–H and O–H groups in total. The van der Waals surface area contributed by atoms with E-state index in [4.69, 9.17) is 11.1 Å². The van der Waals surface area contributed by atoms with Gasteiger partial charge in [-0.15, -0.1) is 0 Å². The monoisotopic (exact) mass is 395 g/mol. The van der Waals surface area contributed by atoms with Gasteiger partial charge in [0.1, 0.15) is 5.84 Å². The lowest BCUT2D eigenvalue weighted by atomic mass is 9.93. The highest BCUT2D eigenvalue weighted by molar-refractivity contribution is 6.09. The number of rotatable bonds is 2. The molecule has 0 saturated heterocycles. The van der Waals surface area contributed by atoms with Crippen LogP contribution in [0.4, 0.5) is 10.5 Å². The van der Waals surface area contributed by atoms with Crippen molar-refractivity contribution in [2.24, 2.45) is 10.8 Å². The predicted molar refractivity (Wildman–Crippen MR) is 116 cm³/mol. The summed E-state index contributed by atoms with van der Waals surface area (Å²) in [4.78, 5) is 15.8. The summed E-state index contributed by atoms with van der Waals surface area (Å²) in [5.74, 6) is 0.727. The number of aryl methyl sites for hydroxylation is 1. The number of hydrazone groups is 1. The number of carbonyl (C=O) groups excluding carboxylic acids is 1. The maximum Gasteiger partial charge on any atom is 0.317 e. The molecule has 1 atom stereocenters. The van der Waals surface area contributed by atoms with Crippen molar-refractivity contribution < 1.29 is 4.79 Å². The molecule has 0 spiro atoms. The first-order chi connectivity index (χ1) is 14.0. The molecule has 3 aliphatic rings. The highest BCUT2D eigenvalue weighted by atomic mass is 16.2. The lowest BCUT2D eigenvalue weighted by Crippen LogP contribution is -2.47. The molecule has 2 amide bonds. The van der Waals surface area contributed by atoms with E-state index in [1.807, 2.05) is 23.2 Å². The van der Waals surface area contributed by atoms with Crippen molar-refractivity contribution in [3.63, 3.8) is 0 Å². The Morgan fingerprint density at radius 2 is 2.14 bits per heavy atom. The third-order valence-corrected chi connectivity index (χ3v) is 6.00. The zero-order valence-corrected chi connectivity index (χ0v) is 17.1. The first-order valence-corrected chi connectivity index (χ1v) is 10.2. The molecular formula is C21H29N7O. The van der Waals surface area contributed by atoms with Crippen molar-refractivity contribution in [1.82, 2.24) is 15.2 Å². The Labute approximate surface area is 171 Å². The quantitative estimate of drug-likeness (QED) is 0.524. The number of urea groups is 1. The average Bonchev–Trinajstić information content (AvgIpc) is 3.18. The Morgan fingerprint density at radius 3 is 2.86 bits per heavy atom. The fourth-order valence-electron chi connectivity index (χ4n) is 4.34. The zero-order valence-electron chi connectivity index (χ0n) is 17.1. The molecular weight excluding hydrogens is 366 g/mol. The van der Waals surface area contributed by atoms with Gasteiger partial charge < -0.3 is 20.9 Å². The number of nitrogens with two attached hydrogens (primary N) is 1. The van der Waals surface area contributed by atoms with E-state index in [2.05, 4.69) is 28.6 Å². The SMILES string of the molecule is CNC(=O)N1CCC(N)=C(C(=N)N2CCCc3cc(C4C=NN(C)C4)ccc32)C1. The van der Waals surface area contributed by atoms with Gasteiger partial charge in [-0.25, -0.2) is 4.79 Å². The van der Waals surface area contributed by atoms with Crippen LogP contribution in [0, 0.1) is 5.41 Å². The number of hydrogen-bond acceptors (Lipinski definition) is 5. The highest BCUT2D eigenvalue weighted by Gasteiger charge is 2.29. The van der Waals surface area contributed by atoms with Gasteiger partial charge in [-0.3, -0.25) is 10.4 Å². The molecule has 1 unspecified atom stereocenters. The minimum atomic E-state index is -0.130. The second-order valence-corrected chi connectivity index (χ2v) is 7.93. The van der Waals surface area contributed by atoms with E-state index < -0.39 is 0 Å². The Balaban J connectivity index is 1.58. The van der Waals surface area contributed by atoms with Gasteiger partial charge in [-0.05, 0) is 30.0 Å². The number of fused-ring (bicyclic) bond motifs is 1. The Hall–Kier alpha value is -3.03. The van der Waals surface area contributed by atoms with E-state index in [1.54, 1.807) is 11.9 Å². The fraction of sp³-hybridized carbons (Fsp3) is 0.476. The van der Waals surface area contributed by atoms with Gasteiger partial charge in [-0.1, -0.05) is 12.1 Å². The number of nitrogens with zero attached hydrogens (tertiary/aromatic N) is 4. The van der Waals surface area contributed by atoms with Crippen molar-refractivity contribution in [3.05, 3.63) is 40.6 Å². The van der Waals surface area contributed by atoms with E-state index >= 15 is 0 Å². The van der Waals surface area contributed by atoms with Crippen LogP contribution in [-0.2, 0) is 6.42 Å². The maximum absolute atomic E-state index is 12.1. The summed E-state index contributed by atoms with van der Waals surface area (Å²) >= 11 is 0. The van der Waals surface area contributed by atoms with Gasteiger partial charge in [0.25, 0.3) is 0 Å². The maximum atomic E-state index is 12.1. The van der Waals surface area contributed by atoms with E-state index in [0.717, 1.165) is 37.2 Å². The van der Waals surface area contributed by atoms with E-state index in [9.17, 15) is 4.79 Å². The summed E-state index contributed by atoms with van der Waals surface area (Å²) in [5.41, 5.74) is 11.3. The molecule has 154 valence electrons. The molecule has 0 bridgehead atoms. The number of amides is 2. The predicted octanol–water partition coefficient (Wildman–Crippen LogP) is 1.69. The number of likely N-dealkylation sites (N-methyl/N-ethyl adjacent to an activating group) is 1. The number of carbonyl (C=O) groups is 1. The van der Waals surface area contributed by atoms with Crippen LogP contribution in [0.1, 0.15) is 29.9 Å². The van der Waals surface area contributed by atoms with Crippen molar-refractivity contribution in [1.29, 1.82) is 5.41 Å². The Kier molecular flexibility index (Phi) is 5.17. The molecule has 1 aromatic rings. The fourth-order valence-corrected chi connectivity index (χ4v) is 4.34. The van der Waals surface area contributed by atoms with Gasteiger partial charge in [0.05, 0.1) is 6.54 Å². The summed E-state index contributed by atoms with van der Waals surface area (Å²) in [7, 11) is 3.61. The van der Waals surface area contributed by atoms with Crippen LogP contribution in [0.25, 0.3) is 0 Å². The first-order valence-electron chi connectivity index (χ1n) is 10.2. The van der Waals surface area contributed by atoms with Gasteiger partial charge >= 0.3 is 6.03 Å². The lowest BCUT2D eigenvalue weighted by Gasteiger charge is -2.36. The summed E-state index contributed by atoms with van der Waals surface area (Å²) in [6.07, 6.45) is 4.60. The van der Waals surface area contributed by atoms with Gasteiger partial charge in [0.2, 0.25) is 0 Å². The molecule has 8 heteroatoms. The molecule has 3 aliphatic heterocycles. The lowest BCUT2D eigenvalue weighted by molar-refractivity contribution is 0.203. The topological polar surface area (TPSA) is 101 Å². The minimum absolute atomic E-state index is 0.130. The third kappa shape index (κ3) is 3.66.